The molecule has 3 aromatic rings. The third-order valence-corrected chi connectivity index (χ3v) is 5.59. The van der Waals surface area contributed by atoms with Crippen LogP contribution in [0.5, 0.6) is 11.5 Å². The summed E-state index contributed by atoms with van der Waals surface area (Å²) in [6.07, 6.45) is 4.07. The van der Waals surface area contributed by atoms with E-state index in [2.05, 4.69) is 27.4 Å². The molecule has 8 heteroatoms. The van der Waals surface area contributed by atoms with Gasteiger partial charge in [0.05, 0.1) is 11.0 Å². The molecule has 2 aromatic carbocycles. The van der Waals surface area contributed by atoms with Crippen LogP contribution in [0.1, 0.15) is 24.8 Å². The van der Waals surface area contributed by atoms with Gasteiger partial charge in [-0.3, -0.25) is 0 Å². The van der Waals surface area contributed by atoms with E-state index in [0.717, 1.165) is 43.2 Å². The van der Waals surface area contributed by atoms with Gasteiger partial charge in [0.15, 0.2) is 0 Å². The molecule has 0 saturated heterocycles. The highest BCUT2D eigenvalue weighted by Crippen LogP contribution is 2.28. The van der Waals surface area contributed by atoms with E-state index in [1.807, 2.05) is 18.2 Å². The van der Waals surface area contributed by atoms with E-state index in [1.54, 1.807) is 12.1 Å². The predicted octanol–water partition coefficient (Wildman–Crippen LogP) is 2.62. The van der Waals surface area contributed by atoms with Crippen LogP contribution in [-0.2, 0) is 11.2 Å². The van der Waals surface area contributed by atoms with E-state index in [0.29, 0.717) is 31.0 Å². The van der Waals surface area contributed by atoms with Gasteiger partial charge in [-0.15, -0.1) is 0 Å². The number of imidazole rings is 1. The molecule has 1 aliphatic rings. The van der Waals surface area contributed by atoms with Gasteiger partial charge in [0, 0.05) is 32.4 Å². The van der Waals surface area contributed by atoms with Crippen molar-refractivity contribution in [3.05, 3.63) is 58.5 Å². The van der Waals surface area contributed by atoms with E-state index < -0.39 is 6.10 Å². The number of rotatable bonds is 15. The number of hydrogen-bond donors (Lipinski definition) is 4. The molecule has 0 spiro atoms. The molecule has 4 N–H and O–H groups in total. The third kappa shape index (κ3) is 7.92. The molecule has 0 bridgehead atoms. The monoisotopic (exact) mass is 455 g/mol. The van der Waals surface area contributed by atoms with Gasteiger partial charge in [0.1, 0.15) is 30.8 Å². The van der Waals surface area contributed by atoms with Crippen molar-refractivity contribution in [2.45, 2.75) is 31.8 Å². The number of aliphatic hydroxyl groups is 1. The van der Waals surface area contributed by atoms with E-state index in [1.165, 1.54) is 18.4 Å². The molecule has 1 atom stereocenters. The van der Waals surface area contributed by atoms with E-state index >= 15 is 0 Å². The Morgan fingerprint density at radius 2 is 1.79 bits per heavy atom. The van der Waals surface area contributed by atoms with Crippen molar-refractivity contribution in [2.75, 3.05) is 39.5 Å². The molecule has 8 nitrogen and oxygen atoms in total. The van der Waals surface area contributed by atoms with E-state index in [4.69, 9.17) is 14.2 Å². The van der Waals surface area contributed by atoms with Gasteiger partial charge in [0.2, 0.25) is 0 Å². The number of ether oxygens (including phenoxy) is 3. The van der Waals surface area contributed by atoms with Crippen molar-refractivity contribution in [1.29, 1.82) is 0 Å². The van der Waals surface area contributed by atoms with Crippen LogP contribution < -0.4 is 20.5 Å². The average Bonchev–Trinajstić information content (AvgIpc) is 3.56. The lowest BCUT2D eigenvalue weighted by Crippen LogP contribution is -2.33. The Labute approximate surface area is 193 Å². The summed E-state index contributed by atoms with van der Waals surface area (Å²) in [5.74, 6) is 2.25. The number of benzene rings is 2. The number of H-pyrrole nitrogens is 2. The zero-order valence-electron chi connectivity index (χ0n) is 18.8. The number of aromatic amines is 2. The SMILES string of the molecule is O=c1[nH]c2ccc(OCCNC[C@H](O)COc3ccc(CCCOCC4CC4)cc3)cc2[nH]1. The molecule has 0 unspecified atom stereocenters. The lowest BCUT2D eigenvalue weighted by molar-refractivity contribution is 0.105. The second kappa shape index (κ2) is 11.9. The van der Waals surface area contributed by atoms with Gasteiger partial charge in [-0.05, 0) is 61.4 Å². The normalized spacial score (nSPS) is 14.5. The molecule has 33 heavy (non-hydrogen) atoms. The first kappa shape index (κ1) is 23.4. The van der Waals surface area contributed by atoms with Crippen molar-refractivity contribution in [1.82, 2.24) is 15.3 Å². The van der Waals surface area contributed by atoms with Crippen molar-refractivity contribution >= 4 is 11.0 Å². The fraction of sp³-hybridized carbons (Fsp3) is 0.480. The van der Waals surface area contributed by atoms with Gasteiger partial charge in [-0.25, -0.2) is 4.79 Å². The fourth-order valence-electron chi connectivity index (χ4n) is 3.53. The van der Waals surface area contributed by atoms with Crippen LogP contribution in [-0.4, -0.2) is 60.7 Å². The largest absolute Gasteiger partial charge is 0.492 e. The van der Waals surface area contributed by atoms with Crippen LogP contribution in [0.4, 0.5) is 0 Å². The van der Waals surface area contributed by atoms with Crippen LogP contribution in [0.15, 0.2) is 47.3 Å². The minimum Gasteiger partial charge on any atom is -0.492 e. The predicted molar refractivity (Wildman–Crippen MR) is 127 cm³/mol. The summed E-state index contributed by atoms with van der Waals surface area (Å²) in [5.41, 5.74) is 2.49. The Kier molecular flexibility index (Phi) is 8.41. The maximum atomic E-state index is 11.3. The second-order valence-corrected chi connectivity index (χ2v) is 8.57. The number of aryl methyl sites for hydroxylation is 1. The summed E-state index contributed by atoms with van der Waals surface area (Å²) >= 11 is 0. The Hall–Kier alpha value is -2.81. The minimum absolute atomic E-state index is 0.222. The number of hydrogen-bond acceptors (Lipinski definition) is 6. The number of aliphatic hydroxyl groups excluding tert-OH is 1. The number of fused-ring (bicyclic) bond motifs is 1. The zero-order chi connectivity index (χ0) is 22.9. The van der Waals surface area contributed by atoms with Gasteiger partial charge in [-0.1, -0.05) is 12.1 Å². The topological polar surface area (TPSA) is 109 Å². The molecule has 178 valence electrons. The molecule has 0 radical (unpaired) electrons. The maximum absolute atomic E-state index is 11.3. The standard InChI is InChI=1S/C25H33N3O5/c29-20(15-26-11-13-32-22-9-10-23-24(14-22)28-25(30)27-23)17-33-21-7-5-18(6-8-21)2-1-12-31-16-19-3-4-19/h5-10,14,19-20,26,29H,1-4,11-13,15-17H2,(H2,27,28,30)/t20-/m0/s1. The Bertz CT molecular complexity index is 1040. The molecule has 1 heterocycles. The van der Waals surface area contributed by atoms with E-state index in [-0.39, 0.29) is 12.3 Å². The van der Waals surface area contributed by atoms with Crippen LogP contribution in [0, 0.1) is 5.92 Å². The first-order valence-corrected chi connectivity index (χ1v) is 11.7. The van der Waals surface area contributed by atoms with Crippen LogP contribution >= 0.6 is 0 Å². The van der Waals surface area contributed by atoms with Crippen molar-refractivity contribution in [3.63, 3.8) is 0 Å². The summed E-state index contributed by atoms with van der Waals surface area (Å²) in [6.45, 7) is 3.40. The molecule has 0 aliphatic heterocycles. The quantitative estimate of drug-likeness (QED) is 0.262. The van der Waals surface area contributed by atoms with Gasteiger partial charge < -0.3 is 34.6 Å². The first-order valence-electron chi connectivity index (χ1n) is 11.7. The molecular formula is C25H33N3O5. The summed E-state index contributed by atoms with van der Waals surface area (Å²) in [5, 5.41) is 13.3. The zero-order valence-corrected chi connectivity index (χ0v) is 18.8. The average molecular weight is 456 g/mol. The molecular weight excluding hydrogens is 422 g/mol. The summed E-state index contributed by atoms with van der Waals surface area (Å²) in [6, 6.07) is 13.4. The van der Waals surface area contributed by atoms with Crippen molar-refractivity contribution in [2.24, 2.45) is 5.92 Å². The molecule has 1 aliphatic carbocycles. The Morgan fingerprint density at radius 1 is 1.00 bits per heavy atom. The van der Waals surface area contributed by atoms with Crippen LogP contribution in [0.2, 0.25) is 0 Å². The lowest BCUT2D eigenvalue weighted by atomic mass is 10.1. The third-order valence-electron chi connectivity index (χ3n) is 5.59. The number of nitrogens with one attached hydrogen (secondary N) is 3. The summed E-state index contributed by atoms with van der Waals surface area (Å²) in [7, 11) is 0. The highest BCUT2D eigenvalue weighted by Gasteiger charge is 2.20. The highest BCUT2D eigenvalue weighted by molar-refractivity contribution is 5.75. The van der Waals surface area contributed by atoms with Crippen LogP contribution in [0.25, 0.3) is 11.0 Å². The lowest BCUT2D eigenvalue weighted by Gasteiger charge is -2.14. The van der Waals surface area contributed by atoms with Gasteiger partial charge >= 0.3 is 5.69 Å². The second-order valence-electron chi connectivity index (χ2n) is 8.57. The van der Waals surface area contributed by atoms with E-state index in [9.17, 15) is 9.90 Å². The molecule has 1 aromatic heterocycles. The van der Waals surface area contributed by atoms with Crippen LogP contribution in [0.3, 0.4) is 0 Å². The number of aromatic nitrogens is 2. The Balaban J connectivity index is 1.05. The smallest absolute Gasteiger partial charge is 0.323 e. The molecule has 4 rings (SSSR count). The maximum Gasteiger partial charge on any atom is 0.323 e. The Morgan fingerprint density at radius 3 is 2.61 bits per heavy atom. The van der Waals surface area contributed by atoms with Gasteiger partial charge in [0.25, 0.3) is 0 Å². The highest BCUT2D eigenvalue weighted by atomic mass is 16.5. The fourth-order valence-corrected chi connectivity index (χ4v) is 3.53. The van der Waals surface area contributed by atoms with Crippen molar-refractivity contribution < 1.29 is 19.3 Å². The minimum atomic E-state index is -0.616. The first-order chi connectivity index (χ1) is 16.2. The van der Waals surface area contributed by atoms with Gasteiger partial charge in [-0.2, -0.15) is 0 Å². The summed E-state index contributed by atoms with van der Waals surface area (Å²) < 4.78 is 17.0. The molecule has 0 amide bonds. The molecule has 1 saturated carbocycles. The summed E-state index contributed by atoms with van der Waals surface area (Å²) in [4.78, 5) is 16.7. The van der Waals surface area contributed by atoms with Crippen molar-refractivity contribution in [3.8, 4) is 11.5 Å². The molecule has 1 fully saturated rings.